The lowest BCUT2D eigenvalue weighted by atomic mass is 10.2. The first-order chi connectivity index (χ1) is 17.0. The molecular weight excluding hydrogens is 442 g/mol. The van der Waals surface area contributed by atoms with Gasteiger partial charge in [-0.1, -0.05) is 37.3 Å². The second kappa shape index (κ2) is 12.1. The molecule has 0 spiro atoms. The second-order valence-corrected chi connectivity index (χ2v) is 7.11. The van der Waals surface area contributed by atoms with Gasteiger partial charge in [-0.15, -0.1) is 0 Å². The maximum Gasteiger partial charge on any atom is 0.324 e. The molecule has 3 aromatic carbocycles. The van der Waals surface area contributed by atoms with Crippen molar-refractivity contribution in [1.82, 2.24) is 5.32 Å². The molecule has 0 fully saturated rings. The van der Waals surface area contributed by atoms with Crippen molar-refractivity contribution in [3.63, 3.8) is 0 Å². The third-order valence-electron chi connectivity index (χ3n) is 4.69. The van der Waals surface area contributed by atoms with Gasteiger partial charge in [0, 0.05) is 17.5 Å². The maximum absolute atomic E-state index is 12.2. The molecule has 9 nitrogen and oxygen atoms in total. The van der Waals surface area contributed by atoms with Crippen molar-refractivity contribution >= 4 is 29.3 Å². The molecule has 0 aliphatic carbocycles. The number of rotatable bonds is 7. The molecule has 0 aliphatic rings. The van der Waals surface area contributed by atoms with Crippen LogP contribution in [0.3, 0.4) is 0 Å². The molecule has 172 valence electrons. The number of hydrogen-bond acceptors (Lipinski definition) is 7. The molecule has 0 saturated heterocycles. The Balaban J connectivity index is 1.77. The summed E-state index contributed by atoms with van der Waals surface area (Å²) < 4.78 is 0. The number of anilines is 1. The zero-order chi connectivity index (χ0) is 25.0. The zero-order valence-corrected chi connectivity index (χ0v) is 18.8. The summed E-state index contributed by atoms with van der Waals surface area (Å²) in [5.41, 5.74) is 2.41. The number of allylic oxidation sites excluding steroid dienone is 2. The summed E-state index contributed by atoms with van der Waals surface area (Å²) in [7, 11) is 0. The van der Waals surface area contributed by atoms with Crippen LogP contribution < -0.4 is 10.6 Å². The number of nitriles is 2. The van der Waals surface area contributed by atoms with Crippen molar-refractivity contribution in [2.75, 3.05) is 5.32 Å². The van der Waals surface area contributed by atoms with Crippen LogP contribution in [0.5, 0.6) is 5.75 Å². The highest BCUT2D eigenvalue weighted by atomic mass is 16.3. The predicted octanol–water partition coefficient (Wildman–Crippen LogP) is 5.87. The summed E-state index contributed by atoms with van der Waals surface area (Å²) in [5.74, 6) is -0.106. The molecule has 0 aromatic heterocycles. The number of carbonyl (C=O) groups excluding carboxylic acids is 1. The Morgan fingerprint density at radius 3 is 2.31 bits per heavy atom. The van der Waals surface area contributed by atoms with Gasteiger partial charge in [-0.05, 0) is 54.4 Å². The van der Waals surface area contributed by atoms with E-state index in [1.807, 2.05) is 24.3 Å². The summed E-state index contributed by atoms with van der Waals surface area (Å²) >= 11 is 0. The standard InChI is InChI=1S/C26H21N7O2/c1-2-18-8-10-21(11-9-18)32-33-22-12-13-25(34)19(14-22)17-29-23(15-27)24(16-28)31-26(35)30-20-6-4-3-5-7-20/h3-14,17,34H,2H2,1H3,(H2,30,31,35). The summed E-state index contributed by atoms with van der Waals surface area (Å²) in [6, 6.07) is 23.6. The van der Waals surface area contributed by atoms with Gasteiger partial charge in [0.2, 0.25) is 0 Å². The first-order valence-corrected chi connectivity index (χ1v) is 10.6. The fourth-order valence-electron chi connectivity index (χ4n) is 2.84. The van der Waals surface area contributed by atoms with E-state index in [2.05, 4.69) is 32.8 Å². The van der Waals surface area contributed by atoms with E-state index < -0.39 is 6.03 Å². The lowest BCUT2D eigenvalue weighted by Crippen LogP contribution is -2.28. The number of aliphatic imine (C=N–C) groups is 1. The van der Waals surface area contributed by atoms with Crippen LogP contribution in [0.4, 0.5) is 21.9 Å². The average molecular weight is 464 g/mol. The second-order valence-electron chi connectivity index (χ2n) is 7.11. The van der Waals surface area contributed by atoms with Crippen LogP contribution in [0.1, 0.15) is 18.1 Å². The minimum atomic E-state index is -0.701. The fourth-order valence-corrected chi connectivity index (χ4v) is 2.84. The number of aryl methyl sites for hydroxylation is 1. The lowest BCUT2D eigenvalue weighted by molar-refractivity contribution is 0.254. The molecule has 0 atom stereocenters. The van der Waals surface area contributed by atoms with Gasteiger partial charge in [0.1, 0.15) is 17.9 Å². The van der Waals surface area contributed by atoms with E-state index in [1.165, 1.54) is 23.9 Å². The molecule has 2 amide bonds. The number of nitrogens with one attached hydrogen (secondary N) is 2. The minimum Gasteiger partial charge on any atom is -0.507 e. The van der Waals surface area contributed by atoms with Crippen molar-refractivity contribution in [2.45, 2.75) is 13.3 Å². The molecule has 9 heteroatoms. The number of nitrogens with zero attached hydrogens (tertiary/aromatic N) is 5. The largest absolute Gasteiger partial charge is 0.507 e. The van der Waals surface area contributed by atoms with Crippen LogP contribution in [-0.4, -0.2) is 17.4 Å². The predicted molar refractivity (Wildman–Crippen MR) is 133 cm³/mol. The van der Waals surface area contributed by atoms with Gasteiger partial charge in [0.15, 0.2) is 11.4 Å². The van der Waals surface area contributed by atoms with Gasteiger partial charge in [-0.2, -0.15) is 20.8 Å². The summed E-state index contributed by atoms with van der Waals surface area (Å²) in [6.07, 6.45) is 2.13. The van der Waals surface area contributed by atoms with E-state index in [0.29, 0.717) is 17.1 Å². The molecular formula is C26H21N7O2. The summed E-state index contributed by atoms with van der Waals surface area (Å²) in [6.45, 7) is 2.07. The average Bonchev–Trinajstić information content (AvgIpc) is 2.89. The molecule has 35 heavy (non-hydrogen) atoms. The van der Waals surface area contributed by atoms with E-state index in [9.17, 15) is 20.4 Å². The van der Waals surface area contributed by atoms with Gasteiger partial charge in [0.25, 0.3) is 0 Å². The fraction of sp³-hybridized carbons (Fsp3) is 0.0769. The van der Waals surface area contributed by atoms with Gasteiger partial charge < -0.3 is 10.4 Å². The van der Waals surface area contributed by atoms with E-state index in [1.54, 1.807) is 48.5 Å². The van der Waals surface area contributed by atoms with Crippen LogP contribution in [0, 0.1) is 22.7 Å². The molecule has 3 rings (SSSR count). The number of urea groups is 1. The smallest absolute Gasteiger partial charge is 0.324 e. The Hall–Kier alpha value is -5.28. The van der Waals surface area contributed by atoms with E-state index in [4.69, 9.17) is 0 Å². The van der Waals surface area contributed by atoms with E-state index in [-0.39, 0.29) is 22.7 Å². The highest BCUT2D eigenvalue weighted by molar-refractivity contribution is 5.91. The molecule has 0 saturated carbocycles. The number of phenolic OH excluding ortho intramolecular Hbond substituents is 1. The Morgan fingerprint density at radius 2 is 1.66 bits per heavy atom. The number of benzene rings is 3. The highest BCUT2D eigenvalue weighted by Gasteiger charge is 2.10. The summed E-state index contributed by atoms with van der Waals surface area (Å²) in [4.78, 5) is 16.1. The van der Waals surface area contributed by atoms with Crippen molar-refractivity contribution in [3.05, 3.63) is 95.3 Å². The maximum atomic E-state index is 12.2. The Morgan fingerprint density at radius 1 is 0.971 bits per heavy atom. The minimum absolute atomic E-state index is 0.106. The monoisotopic (exact) mass is 463 g/mol. The van der Waals surface area contributed by atoms with E-state index >= 15 is 0 Å². The quantitative estimate of drug-likeness (QED) is 0.228. The van der Waals surface area contributed by atoms with Gasteiger partial charge in [-0.25, -0.2) is 9.79 Å². The van der Waals surface area contributed by atoms with Gasteiger partial charge in [-0.3, -0.25) is 5.32 Å². The number of amides is 2. The van der Waals surface area contributed by atoms with Crippen LogP contribution in [0.25, 0.3) is 0 Å². The number of carbonyl (C=O) groups is 1. The number of azo groups is 1. The first-order valence-electron chi connectivity index (χ1n) is 10.6. The Kier molecular flexibility index (Phi) is 8.42. The molecule has 0 bridgehead atoms. The topological polar surface area (TPSA) is 146 Å². The highest BCUT2D eigenvalue weighted by Crippen LogP contribution is 2.24. The zero-order valence-electron chi connectivity index (χ0n) is 18.8. The lowest BCUT2D eigenvalue weighted by Gasteiger charge is -2.06. The van der Waals surface area contributed by atoms with Crippen LogP contribution >= 0.6 is 0 Å². The molecule has 3 N–H and O–H groups in total. The first kappa shape index (κ1) is 24.4. The number of hydrogen-bond donors (Lipinski definition) is 3. The molecule has 0 unspecified atom stereocenters. The number of aromatic hydroxyl groups is 1. The van der Waals surface area contributed by atoms with Crippen LogP contribution in [-0.2, 0) is 6.42 Å². The van der Waals surface area contributed by atoms with Crippen LogP contribution in [0.2, 0.25) is 0 Å². The molecule has 0 heterocycles. The Bertz CT molecular complexity index is 1360. The van der Waals surface area contributed by atoms with Crippen LogP contribution in [0.15, 0.2) is 99.4 Å². The van der Waals surface area contributed by atoms with Crippen molar-refractivity contribution in [2.24, 2.45) is 15.2 Å². The third-order valence-corrected chi connectivity index (χ3v) is 4.69. The summed E-state index contributed by atoms with van der Waals surface area (Å²) in [5, 5.41) is 42.2. The van der Waals surface area contributed by atoms with E-state index in [0.717, 1.165) is 6.42 Å². The van der Waals surface area contributed by atoms with Gasteiger partial charge in [0.05, 0.1) is 11.4 Å². The SMILES string of the molecule is CCc1ccc(N=Nc2ccc(O)c(C=NC(C#N)=C(C#N)NC(=O)Nc3ccccc3)c2)cc1. The third kappa shape index (κ3) is 7.11. The normalized spacial score (nSPS) is 11.5. The number of phenols is 1. The van der Waals surface area contributed by atoms with Crippen molar-refractivity contribution in [1.29, 1.82) is 10.5 Å². The Labute approximate surface area is 202 Å². The molecule has 0 aliphatic heterocycles. The molecule has 3 aromatic rings. The molecule has 0 radical (unpaired) electrons. The van der Waals surface area contributed by atoms with Crippen molar-refractivity contribution < 1.29 is 9.90 Å². The van der Waals surface area contributed by atoms with Gasteiger partial charge >= 0.3 is 6.03 Å². The number of para-hydroxylation sites is 1. The van der Waals surface area contributed by atoms with Crippen molar-refractivity contribution in [3.8, 4) is 17.9 Å².